The minimum atomic E-state index is -0.663. The third-order valence-electron chi connectivity index (χ3n) is 3.78. The summed E-state index contributed by atoms with van der Waals surface area (Å²) >= 11 is 0. The van der Waals surface area contributed by atoms with E-state index in [0.29, 0.717) is 22.6 Å². The lowest BCUT2D eigenvalue weighted by molar-refractivity contribution is 0.0635. The molecule has 2 aromatic carbocycles. The fourth-order valence-corrected chi connectivity index (χ4v) is 2.47. The van der Waals surface area contributed by atoms with Crippen LogP contribution in [0.1, 0.15) is 36.7 Å². The van der Waals surface area contributed by atoms with E-state index in [9.17, 15) is 14.0 Å². The predicted octanol–water partition coefficient (Wildman–Crippen LogP) is 4.62. The molecule has 0 atom stereocenters. The molecule has 0 heterocycles. The number of carbonyl (C=O) groups is 2. The molecule has 0 radical (unpaired) electrons. The summed E-state index contributed by atoms with van der Waals surface area (Å²) < 4.78 is 29.0. The van der Waals surface area contributed by atoms with Crippen molar-refractivity contribution in [3.8, 4) is 11.5 Å². The third kappa shape index (κ3) is 5.70. The molecule has 0 bridgehead atoms. The Balaban J connectivity index is 2.27. The third-order valence-corrected chi connectivity index (χ3v) is 3.78. The van der Waals surface area contributed by atoms with Gasteiger partial charge in [-0.2, -0.15) is 0 Å². The van der Waals surface area contributed by atoms with Crippen molar-refractivity contribution < 1.29 is 28.2 Å². The molecule has 6 nitrogen and oxygen atoms in total. The van der Waals surface area contributed by atoms with E-state index in [-0.39, 0.29) is 18.0 Å². The van der Waals surface area contributed by atoms with Crippen LogP contribution in [-0.4, -0.2) is 31.7 Å². The van der Waals surface area contributed by atoms with E-state index in [4.69, 9.17) is 14.2 Å². The highest BCUT2D eigenvalue weighted by Crippen LogP contribution is 2.26. The molecule has 150 valence electrons. The Labute approximate surface area is 163 Å². The molecule has 0 aromatic heterocycles. The molecule has 0 aliphatic rings. The molecule has 1 amide bonds. The zero-order chi connectivity index (χ0) is 20.9. The van der Waals surface area contributed by atoms with Gasteiger partial charge in [-0.3, -0.25) is 10.1 Å². The number of benzene rings is 2. The van der Waals surface area contributed by atoms with Gasteiger partial charge in [0.25, 0.3) is 0 Å². The zero-order valence-corrected chi connectivity index (χ0v) is 16.6. The number of methoxy groups -OCH3 is 2. The maximum Gasteiger partial charge on any atom is 0.412 e. The van der Waals surface area contributed by atoms with Gasteiger partial charge in [0, 0.05) is 18.1 Å². The number of Topliss-reactive ketones (excluding diaryl/α,β-unsaturated/α-hetero) is 1. The monoisotopic (exact) mass is 389 g/mol. The highest BCUT2D eigenvalue weighted by molar-refractivity contribution is 5.99. The first-order valence-corrected chi connectivity index (χ1v) is 8.66. The fourth-order valence-electron chi connectivity index (χ4n) is 2.47. The van der Waals surface area contributed by atoms with Crippen molar-refractivity contribution in [2.24, 2.45) is 0 Å². The summed E-state index contributed by atoms with van der Waals surface area (Å²) in [4.78, 5) is 24.8. The number of ketones is 1. The van der Waals surface area contributed by atoms with E-state index in [0.717, 1.165) is 0 Å². The summed E-state index contributed by atoms with van der Waals surface area (Å²) in [7, 11) is 2.83. The van der Waals surface area contributed by atoms with Crippen LogP contribution < -0.4 is 14.8 Å². The Bertz CT molecular complexity index is 874. The predicted molar refractivity (Wildman–Crippen MR) is 104 cm³/mol. The number of amides is 1. The molecule has 0 saturated carbocycles. The van der Waals surface area contributed by atoms with Crippen molar-refractivity contribution in [2.75, 3.05) is 19.5 Å². The maximum atomic E-state index is 13.6. The highest BCUT2D eigenvalue weighted by Gasteiger charge is 2.19. The minimum Gasteiger partial charge on any atom is -0.497 e. The molecule has 0 aliphatic carbocycles. The molecule has 0 spiro atoms. The Morgan fingerprint density at radius 2 is 1.75 bits per heavy atom. The van der Waals surface area contributed by atoms with Gasteiger partial charge in [0.1, 0.15) is 11.4 Å². The number of nitrogens with one attached hydrogen (secondary N) is 1. The first kappa shape index (κ1) is 21.2. The first-order valence-electron chi connectivity index (χ1n) is 8.66. The lowest BCUT2D eigenvalue weighted by atomic mass is 10.0. The standard InChI is InChI=1S/C21H24FNO5/c1-21(2,3)28-20(25)23-17-12-15(26-4)8-6-13(17)10-18(24)14-7-9-16(22)19(11-14)27-5/h6-9,11-12H,10H2,1-5H3,(H,23,25). The highest BCUT2D eigenvalue weighted by atomic mass is 19.1. The lowest BCUT2D eigenvalue weighted by Gasteiger charge is -2.20. The zero-order valence-electron chi connectivity index (χ0n) is 16.6. The second kappa shape index (κ2) is 8.73. The van der Waals surface area contributed by atoms with Crippen molar-refractivity contribution in [1.29, 1.82) is 0 Å². The molecule has 0 aliphatic heterocycles. The van der Waals surface area contributed by atoms with Gasteiger partial charge in [-0.1, -0.05) is 6.07 Å². The first-order chi connectivity index (χ1) is 13.1. The normalized spacial score (nSPS) is 10.9. The quantitative estimate of drug-likeness (QED) is 0.730. The van der Waals surface area contributed by atoms with Crippen LogP contribution in [0.2, 0.25) is 0 Å². The molecule has 2 aromatic rings. The number of halogens is 1. The molecule has 0 saturated heterocycles. The van der Waals surface area contributed by atoms with Gasteiger partial charge in [0.15, 0.2) is 17.3 Å². The molecule has 7 heteroatoms. The molecular weight excluding hydrogens is 365 g/mol. The Hall–Kier alpha value is -3.09. The SMILES string of the molecule is COc1ccc(CC(=O)c2ccc(F)c(OC)c2)c(NC(=O)OC(C)(C)C)c1. The van der Waals surface area contributed by atoms with Crippen molar-refractivity contribution in [1.82, 2.24) is 0 Å². The van der Waals surface area contributed by atoms with Crippen LogP contribution >= 0.6 is 0 Å². The van der Waals surface area contributed by atoms with E-state index in [2.05, 4.69) is 5.32 Å². The van der Waals surface area contributed by atoms with Crippen LogP contribution in [-0.2, 0) is 11.2 Å². The van der Waals surface area contributed by atoms with Gasteiger partial charge in [-0.25, -0.2) is 9.18 Å². The molecule has 28 heavy (non-hydrogen) atoms. The van der Waals surface area contributed by atoms with E-state index in [1.54, 1.807) is 39.0 Å². The molecule has 0 unspecified atom stereocenters. The Morgan fingerprint density at radius 3 is 2.36 bits per heavy atom. The number of rotatable bonds is 6. The van der Waals surface area contributed by atoms with Crippen LogP contribution in [0.5, 0.6) is 11.5 Å². The van der Waals surface area contributed by atoms with Gasteiger partial charge >= 0.3 is 6.09 Å². The topological polar surface area (TPSA) is 73.9 Å². The number of hydrogen-bond acceptors (Lipinski definition) is 5. The van der Waals surface area contributed by atoms with Crippen LogP contribution in [0, 0.1) is 5.82 Å². The van der Waals surface area contributed by atoms with Gasteiger partial charge in [-0.05, 0) is 50.6 Å². The van der Waals surface area contributed by atoms with Gasteiger partial charge in [0.05, 0.1) is 19.9 Å². The number of ether oxygens (including phenoxy) is 3. The van der Waals surface area contributed by atoms with Crippen LogP contribution in [0.25, 0.3) is 0 Å². The summed E-state index contributed by atoms with van der Waals surface area (Å²) in [6.07, 6.45) is -0.651. The van der Waals surface area contributed by atoms with Gasteiger partial charge in [-0.15, -0.1) is 0 Å². The largest absolute Gasteiger partial charge is 0.497 e. The molecular formula is C21H24FNO5. The smallest absolute Gasteiger partial charge is 0.412 e. The van der Waals surface area contributed by atoms with E-state index in [1.807, 2.05) is 0 Å². The molecule has 1 N–H and O–H groups in total. The number of carbonyl (C=O) groups excluding carboxylic acids is 2. The number of hydrogen-bond donors (Lipinski definition) is 1. The van der Waals surface area contributed by atoms with Crippen molar-refractivity contribution in [3.05, 3.63) is 53.3 Å². The van der Waals surface area contributed by atoms with E-state index < -0.39 is 17.5 Å². The summed E-state index contributed by atoms with van der Waals surface area (Å²) in [6, 6.07) is 8.91. The second-order valence-corrected chi connectivity index (χ2v) is 7.10. The Morgan fingerprint density at radius 1 is 1.04 bits per heavy atom. The maximum absolute atomic E-state index is 13.6. The minimum absolute atomic E-state index is 0.00677. The molecule has 2 rings (SSSR count). The van der Waals surface area contributed by atoms with Gasteiger partial charge in [0.2, 0.25) is 0 Å². The second-order valence-electron chi connectivity index (χ2n) is 7.10. The molecule has 0 fully saturated rings. The number of anilines is 1. The summed E-state index contributed by atoms with van der Waals surface area (Å²) in [5, 5.41) is 2.65. The Kier molecular flexibility index (Phi) is 6.62. The average Bonchev–Trinajstić information content (AvgIpc) is 2.61. The fraction of sp³-hybridized carbons (Fsp3) is 0.333. The summed E-state index contributed by atoms with van der Waals surface area (Å²) in [5.74, 6) is -0.287. The lowest BCUT2D eigenvalue weighted by Crippen LogP contribution is -2.27. The van der Waals surface area contributed by atoms with E-state index >= 15 is 0 Å². The van der Waals surface area contributed by atoms with Crippen LogP contribution in [0.15, 0.2) is 36.4 Å². The van der Waals surface area contributed by atoms with E-state index in [1.165, 1.54) is 32.4 Å². The average molecular weight is 389 g/mol. The van der Waals surface area contributed by atoms with Crippen LogP contribution in [0.3, 0.4) is 0 Å². The van der Waals surface area contributed by atoms with Gasteiger partial charge < -0.3 is 14.2 Å². The van der Waals surface area contributed by atoms with Crippen molar-refractivity contribution in [2.45, 2.75) is 32.8 Å². The summed E-state index contributed by atoms with van der Waals surface area (Å²) in [6.45, 7) is 5.26. The van der Waals surface area contributed by atoms with Crippen molar-refractivity contribution in [3.63, 3.8) is 0 Å². The van der Waals surface area contributed by atoms with Crippen molar-refractivity contribution >= 4 is 17.6 Å². The summed E-state index contributed by atoms with van der Waals surface area (Å²) in [5.41, 5.74) is 0.608. The van der Waals surface area contributed by atoms with Crippen LogP contribution in [0.4, 0.5) is 14.9 Å².